The number of hydrogen-bond donors (Lipinski definition) is 2. The number of aliphatic hydroxyl groups is 1. The number of fused-ring (bicyclic) bond motifs is 2. The van der Waals surface area contributed by atoms with E-state index in [1.165, 1.54) is 0 Å². The summed E-state index contributed by atoms with van der Waals surface area (Å²) >= 11 is 0. The number of para-hydroxylation sites is 1. The third-order valence-corrected chi connectivity index (χ3v) is 12.3. The molecular formula is C42H57N3O11. The molecule has 4 aliphatic heterocycles. The van der Waals surface area contributed by atoms with Gasteiger partial charge in [-0.25, -0.2) is 9.59 Å². The minimum absolute atomic E-state index is 0.0868. The number of alkyl carbamates (subject to hydrolysis) is 1. The van der Waals surface area contributed by atoms with E-state index in [1.807, 2.05) is 75.3 Å². The predicted molar refractivity (Wildman–Crippen MR) is 205 cm³/mol. The van der Waals surface area contributed by atoms with Crippen molar-refractivity contribution in [3.63, 3.8) is 0 Å². The third-order valence-electron chi connectivity index (χ3n) is 12.3. The van der Waals surface area contributed by atoms with Crippen molar-refractivity contribution in [2.24, 2.45) is 23.7 Å². The van der Waals surface area contributed by atoms with Crippen molar-refractivity contribution in [2.75, 3.05) is 27.3 Å². The van der Waals surface area contributed by atoms with Gasteiger partial charge in [0.15, 0.2) is 17.7 Å². The summed E-state index contributed by atoms with van der Waals surface area (Å²) in [5.74, 6) is -5.05. The van der Waals surface area contributed by atoms with Crippen LogP contribution in [0.3, 0.4) is 0 Å². The number of aromatic nitrogens is 1. The van der Waals surface area contributed by atoms with Crippen LogP contribution in [0.2, 0.25) is 0 Å². The number of nitrogens with zero attached hydrogens (tertiary/aromatic N) is 2. The minimum atomic E-state index is -1.91. The summed E-state index contributed by atoms with van der Waals surface area (Å²) in [6, 6.07) is 8.65. The minimum Gasteiger partial charge on any atom is -0.455 e. The maximum Gasteiger partial charge on any atom is 0.408 e. The second kappa shape index (κ2) is 16.6. The summed E-state index contributed by atoms with van der Waals surface area (Å²) in [5.41, 5.74) is -1.61. The van der Waals surface area contributed by atoms with Gasteiger partial charge in [0.2, 0.25) is 5.60 Å². The molecule has 14 atom stereocenters. The summed E-state index contributed by atoms with van der Waals surface area (Å²) in [5, 5.41) is 15.3. The van der Waals surface area contributed by atoms with Crippen molar-refractivity contribution in [2.45, 2.75) is 121 Å². The molecule has 0 bridgehead atoms. The summed E-state index contributed by atoms with van der Waals surface area (Å²) in [6.45, 7) is 12.1. The van der Waals surface area contributed by atoms with Gasteiger partial charge in [-0.3, -0.25) is 14.6 Å². The first-order valence-corrected chi connectivity index (χ1v) is 19.7. The van der Waals surface area contributed by atoms with Crippen LogP contribution >= 0.6 is 0 Å². The SMILES string of the molecule is CC[C@@H]1OC(=O)C2(CO2)C(=O)[C@H](C)[C@@H](O[C@@H]2O[C@H](C)C[C@H](N(C)C)[C@H]2O)[C@H](C)[C@@H](OC/C=C/c2cnc3ccccc3c2)[C@@H](C)C(=O)[C@@H](C)C2NC(=O)O[C@@]21C. The number of carbonyl (C=O) groups is 4. The zero-order valence-electron chi connectivity index (χ0n) is 33.8. The van der Waals surface area contributed by atoms with Crippen LogP contribution in [0.15, 0.2) is 42.6 Å². The largest absolute Gasteiger partial charge is 0.455 e. The van der Waals surface area contributed by atoms with Crippen molar-refractivity contribution in [1.29, 1.82) is 0 Å². The summed E-state index contributed by atoms with van der Waals surface area (Å²) in [4.78, 5) is 62.5. The van der Waals surface area contributed by atoms with Gasteiger partial charge in [-0.2, -0.15) is 0 Å². The number of pyridine rings is 1. The lowest BCUT2D eigenvalue weighted by molar-refractivity contribution is -0.282. The summed E-state index contributed by atoms with van der Waals surface area (Å²) in [6.07, 6.45) is 0.123. The normalized spacial score (nSPS) is 39.7. The van der Waals surface area contributed by atoms with Gasteiger partial charge in [0.1, 0.15) is 18.0 Å². The second-order valence-corrected chi connectivity index (χ2v) is 16.4. The van der Waals surface area contributed by atoms with Crippen LogP contribution in [0.5, 0.6) is 0 Å². The molecule has 4 aliphatic rings. The van der Waals surface area contributed by atoms with Crippen LogP contribution in [0, 0.1) is 23.7 Å². The molecule has 56 heavy (non-hydrogen) atoms. The molecule has 14 nitrogen and oxygen atoms in total. The Morgan fingerprint density at radius 1 is 1.04 bits per heavy atom. The molecule has 2 N–H and O–H groups in total. The summed E-state index contributed by atoms with van der Waals surface area (Å²) in [7, 11) is 3.73. The van der Waals surface area contributed by atoms with E-state index in [1.54, 1.807) is 40.8 Å². The summed E-state index contributed by atoms with van der Waals surface area (Å²) < 4.78 is 36.9. The average molecular weight is 780 g/mol. The first-order chi connectivity index (χ1) is 26.5. The molecular weight excluding hydrogens is 722 g/mol. The third kappa shape index (κ3) is 8.01. The van der Waals surface area contributed by atoms with Crippen molar-refractivity contribution in [3.05, 3.63) is 48.2 Å². The number of amides is 1. The molecule has 1 amide bonds. The topological polar surface area (TPSA) is 175 Å². The van der Waals surface area contributed by atoms with Gasteiger partial charge >= 0.3 is 12.1 Å². The van der Waals surface area contributed by atoms with E-state index in [2.05, 4.69) is 10.3 Å². The number of aliphatic hydroxyl groups excluding tert-OH is 1. The van der Waals surface area contributed by atoms with Gasteiger partial charge in [0, 0.05) is 41.3 Å². The Labute approximate surface area is 328 Å². The predicted octanol–water partition coefficient (Wildman–Crippen LogP) is 4.10. The standard InChI is InChI=1S/C42H57N3O11/c1-10-31-41(7)36(44-40(50)56-41)24(4)32(46)23(3)34(51-17-13-14-27-19-28-15-11-12-16-29(28)43-20-27)25(5)35(26(6)37(48)42(21-52-42)39(49)54-31)55-38-33(47)30(45(8)9)18-22(2)53-38/h11-16,19-20,22-26,30-31,33-36,38,47H,10,17-18,21H2,1-9H3,(H,44,50)/b14-13+/t22-,23+,24-,25-,26-,30+,31+,33-,34+,35+,36?,38+,41-,42?/m1/s1. The van der Waals surface area contributed by atoms with E-state index in [4.69, 9.17) is 28.4 Å². The Morgan fingerprint density at radius 2 is 1.75 bits per heavy atom. The highest BCUT2D eigenvalue weighted by atomic mass is 16.7. The highest BCUT2D eigenvalue weighted by Crippen LogP contribution is 2.42. The van der Waals surface area contributed by atoms with Crippen molar-refractivity contribution in [1.82, 2.24) is 15.2 Å². The Kier molecular flexibility index (Phi) is 12.4. The van der Waals surface area contributed by atoms with Gasteiger partial charge in [0.25, 0.3) is 0 Å². The maximum absolute atomic E-state index is 14.7. The quantitative estimate of drug-likeness (QED) is 0.223. The average Bonchev–Trinajstić information content (AvgIpc) is 3.93. The van der Waals surface area contributed by atoms with Crippen molar-refractivity contribution in [3.8, 4) is 0 Å². The molecule has 5 heterocycles. The molecule has 0 radical (unpaired) electrons. The molecule has 1 spiro atoms. The molecule has 0 saturated carbocycles. The molecule has 14 heteroatoms. The zero-order valence-corrected chi connectivity index (χ0v) is 33.8. The fourth-order valence-corrected chi connectivity index (χ4v) is 8.95. The van der Waals surface area contributed by atoms with E-state index < -0.39 is 89.5 Å². The lowest BCUT2D eigenvalue weighted by Gasteiger charge is -2.45. The maximum atomic E-state index is 14.7. The number of ether oxygens (including phenoxy) is 6. The van der Waals surface area contributed by atoms with E-state index >= 15 is 0 Å². The number of nitrogens with one attached hydrogen (secondary N) is 1. The number of rotatable bonds is 8. The van der Waals surface area contributed by atoms with Gasteiger partial charge in [0.05, 0.1) is 43.1 Å². The number of Topliss-reactive ketones (excluding diaryl/α,β-unsaturated/α-hetero) is 2. The van der Waals surface area contributed by atoms with Crippen LogP contribution in [0.1, 0.15) is 66.9 Å². The van der Waals surface area contributed by atoms with E-state index in [0.717, 1.165) is 16.5 Å². The Hall–Kier alpha value is -3.79. The molecule has 4 saturated heterocycles. The number of cyclic esters (lactones) is 1. The van der Waals surface area contributed by atoms with Gasteiger partial charge in [-0.1, -0.05) is 65.0 Å². The molecule has 2 aromatic rings. The van der Waals surface area contributed by atoms with E-state index in [0.29, 0.717) is 6.42 Å². The fourth-order valence-electron chi connectivity index (χ4n) is 8.95. The lowest BCUT2D eigenvalue weighted by Crippen LogP contribution is -2.59. The highest BCUT2D eigenvalue weighted by molar-refractivity contribution is 6.11. The molecule has 4 fully saturated rings. The number of hydrogen-bond acceptors (Lipinski definition) is 13. The number of benzene rings is 1. The van der Waals surface area contributed by atoms with Gasteiger partial charge in [-0.05, 0) is 58.5 Å². The molecule has 2 unspecified atom stereocenters. The molecule has 0 aliphatic carbocycles. The first kappa shape index (κ1) is 41.8. The number of esters is 1. The monoisotopic (exact) mass is 779 g/mol. The smallest absolute Gasteiger partial charge is 0.408 e. The lowest BCUT2D eigenvalue weighted by atomic mass is 9.73. The van der Waals surface area contributed by atoms with Crippen molar-refractivity contribution < 1.29 is 52.7 Å². The van der Waals surface area contributed by atoms with Crippen molar-refractivity contribution >= 4 is 40.6 Å². The Bertz CT molecular complexity index is 1810. The number of ketones is 2. The molecule has 6 rings (SSSR count). The first-order valence-electron chi connectivity index (χ1n) is 19.7. The molecule has 306 valence electrons. The second-order valence-electron chi connectivity index (χ2n) is 16.4. The van der Waals surface area contributed by atoms with E-state index in [-0.39, 0.29) is 37.6 Å². The van der Waals surface area contributed by atoms with Crippen LogP contribution < -0.4 is 5.32 Å². The fraction of sp³-hybridized carbons (Fsp3) is 0.643. The van der Waals surface area contributed by atoms with Gasteiger partial charge in [-0.15, -0.1) is 0 Å². The van der Waals surface area contributed by atoms with Crippen LogP contribution in [-0.2, 0) is 42.8 Å². The van der Waals surface area contributed by atoms with Crippen LogP contribution in [0.25, 0.3) is 17.0 Å². The van der Waals surface area contributed by atoms with E-state index in [9.17, 15) is 24.3 Å². The Morgan fingerprint density at radius 3 is 2.43 bits per heavy atom. The zero-order chi connectivity index (χ0) is 40.7. The van der Waals surface area contributed by atoms with Crippen LogP contribution in [0.4, 0.5) is 4.79 Å². The van der Waals surface area contributed by atoms with Crippen LogP contribution in [-0.4, -0.2) is 126 Å². The Balaban J connectivity index is 1.39. The highest BCUT2D eigenvalue weighted by Gasteiger charge is 2.65. The molecule has 1 aromatic heterocycles. The molecule has 1 aromatic carbocycles. The van der Waals surface area contributed by atoms with Gasteiger partial charge < -0.3 is 43.7 Å². The number of carbonyl (C=O) groups excluding carboxylic acids is 4. The number of likely N-dealkylation sites (N-methyl/N-ethyl adjacent to an activating group) is 1. The number of epoxide rings is 1.